The Morgan fingerprint density at radius 3 is 2.58 bits per heavy atom. The van der Waals surface area contributed by atoms with Gasteiger partial charge in [0.1, 0.15) is 0 Å². The van der Waals surface area contributed by atoms with Gasteiger partial charge in [-0.15, -0.1) is 0 Å². The standard InChI is InChI=1S/C15H17F3N6OS/c1-24(2)13-21-12(22-14(23-13)26-3)19-8-11(25)20-10-6-4-5-9(7-10)15(16,17)18/h4-7H,8H2,1-3H3,(H,20,25)(H,19,21,22,23). The highest BCUT2D eigenvalue weighted by molar-refractivity contribution is 7.98. The summed E-state index contributed by atoms with van der Waals surface area (Å²) in [4.78, 5) is 26.2. The molecule has 11 heteroatoms. The summed E-state index contributed by atoms with van der Waals surface area (Å²) in [6.45, 7) is -0.207. The molecule has 2 aromatic rings. The van der Waals surface area contributed by atoms with Crippen LogP contribution >= 0.6 is 11.8 Å². The lowest BCUT2D eigenvalue weighted by atomic mass is 10.2. The zero-order valence-corrected chi connectivity index (χ0v) is 15.1. The topological polar surface area (TPSA) is 83.0 Å². The molecule has 1 aromatic heterocycles. The number of amides is 1. The third kappa shape index (κ3) is 5.48. The zero-order valence-electron chi connectivity index (χ0n) is 14.3. The highest BCUT2D eigenvalue weighted by atomic mass is 32.2. The molecule has 7 nitrogen and oxygen atoms in total. The third-order valence-corrected chi connectivity index (χ3v) is 3.61. The SMILES string of the molecule is CSc1nc(NCC(=O)Nc2cccc(C(F)(F)F)c2)nc(N(C)C)n1. The van der Waals surface area contributed by atoms with Crippen LogP contribution < -0.4 is 15.5 Å². The first-order chi connectivity index (χ1) is 12.2. The predicted molar refractivity (Wildman–Crippen MR) is 94.5 cm³/mol. The fraction of sp³-hybridized carbons (Fsp3) is 0.333. The maximum absolute atomic E-state index is 12.7. The van der Waals surface area contributed by atoms with Crippen LogP contribution in [-0.4, -0.2) is 47.8 Å². The summed E-state index contributed by atoms with van der Waals surface area (Å²) in [6.07, 6.45) is -2.67. The summed E-state index contributed by atoms with van der Waals surface area (Å²) in [7, 11) is 3.53. The number of nitrogens with one attached hydrogen (secondary N) is 2. The van der Waals surface area contributed by atoms with E-state index < -0.39 is 17.6 Å². The van der Waals surface area contributed by atoms with Gasteiger partial charge in [-0.25, -0.2) is 0 Å². The van der Waals surface area contributed by atoms with Crippen LogP contribution in [0.15, 0.2) is 29.4 Å². The fourth-order valence-corrected chi connectivity index (χ4v) is 2.20. The van der Waals surface area contributed by atoms with E-state index in [9.17, 15) is 18.0 Å². The number of carbonyl (C=O) groups excluding carboxylic acids is 1. The van der Waals surface area contributed by atoms with Crippen molar-refractivity contribution in [3.63, 3.8) is 0 Å². The molecule has 2 N–H and O–H groups in total. The number of hydrogen-bond donors (Lipinski definition) is 2. The van der Waals surface area contributed by atoms with Gasteiger partial charge in [-0.05, 0) is 24.5 Å². The van der Waals surface area contributed by atoms with Crippen molar-refractivity contribution in [2.24, 2.45) is 0 Å². The van der Waals surface area contributed by atoms with Crippen molar-refractivity contribution in [3.05, 3.63) is 29.8 Å². The van der Waals surface area contributed by atoms with Crippen molar-refractivity contribution < 1.29 is 18.0 Å². The monoisotopic (exact) mass is 386 g/mol. The van der Waals surface area contributed by atoms with Gasteiger partial charge in [-0.3, -0.25) is 4.79 Å². The first kappa shape index (κ1) is 19.8. The van der Waals surface area contributed by atoms with E-state index in [-0.39, 0.29) is 18.2 Å². The van der Waals surface area contributed by atoms with Crippen molar-refractivity contribution in [2.45, 2.75) is 11.3 Å². The van der Waals surface area contributed by atoms with Gasteiger partial charge in [0.05, 0.1) is 12.1 Å². The Morgan fingerprint density at radius 1 is 1.23 bits per heavy atom. The lowest BCUT2D eigenvalue weighted by Crippen LogP contribution is -2.24. The van der Waals surface area contributed by atoms with E-state index in [0.717, 1.165) is 12.1 Å². The minimum atomic E-state index is -4.47. The van der Waals surface area contributed by atoms with E-state index in [0.29, 0.717) is 11.1 Å². The highest BCUT2D eigenvalue weighted by Crippen LogP contribution is 2.30. The molecule has 0 saturated carbocycles. The molecule has 1 heterocycles. The molecule has 0 fully saturated rings. The molecule has 0 unspecified atom stereocenters. The van der Waals surface area contributed by atoms with Crippen LogP contribution in [0.2, 0.25) is 0 Å². The molecule has 0 atom stereocenters. The Kier molecular flexibility index (Phi) is 6.24. The van der Waals surface area contributed by atoms with Gasteiger partial charge in [-0.1, -0.05) is 17.8 Å². The van der Waals surface area contributed by atoms with E-state index in [2.05, 4.69) is 25.6 Å². The minimum absolute atomic E-state index is 0.0565. The zero-order chi connectivity index (χ0) is 19.3. The largest absolute Gasteiger partial charge is 0.416 e. The smallest absolute Gasteiger partial charge is 0.347 e. The Balaban J connectivity index is 2.02. The fourth-order valence-electron chi connectivity index (χ4n) is 1.85. The minimum Gasteiger partial charge on any atom is -0.347 e. The normalized spacial score (nSPS) is 11.2. The molecular weight excluding hydrogens is 369 g/mol. The number of rotatable bonds is 6. The number of anilines is 3. The van der Waals surface area contributed by atoms with E-state index in [4.69, 9.17) is 0 Å². The molecule has 0 saturated heterocycles. The van der Waals surface area contributed by atoms with Crippen LogP contribution in [0.1, 0.15) is 5.56 Å². The summed E-state index contributed by atoms with van der Waals surface area (Å²) in [5, 5.41) is 5.62. The van der Waals surface area contributed by atoms with Crippen LogP contribution in [0.4, 0.5) is 30.8 Å². The number of thioether (sulfide) groups is 1. The number of nitrogens with zero attached hydrogens (tertiary/aromatic N) is 4. The highest BCUT2D eigenvalue weighted by Gasteiger charge is 2.30. The van der Waals surface area contributed by atoms with E-state index in [1.165, 1.54) is 23.9 Å². The summed E-state index contributed by atoms with van der Waals surface area (Å²) in [5.41, 5.74) is -0.776. The molecule has 0 bridgehead atoms. The Labute approximate surface area is 152 Å². The van der Waals surface area contributed by atoms with Gasteiger partial charge in [0.25, 0.3) is 0 Å². The van der Waals surface area contributed by atoms with Crippen LogP contribution in [-0.2, 0) is 11.0 Å². The van der Waals surface area contributed by atoms with Gasteiger partial charge in [-0.2, -0.15) is 28.1 Å². The Hall–Kier alpha value is -2.56. The molecule has 1 amide bonds. The Bertz CT molecular complexity index is 784. The van der Waals surface area contributed by atoms with Crippen molar-refractivity contribution >= 4 is 35.3 Å². The van der Waals surface area contributed by atoms with Crippen molar-refractivity contribution in [3.8, 4) is 0 Å². The van der Waals surface area contributed by atoms with Crippen molar-refractivity contribution in [1.82, 2.24) is 15.0 Å². The van der Waals surface area contributed by atoms with E-state index in [1.807, 2.05) is 0 Å². The second kappa shape index (κ2) is 8.21. The summed E-state index contributed by atoms with van der Waals surface area (Å²) >= 11 is 1.32. The van der Waals surface area contributed by atoms with Crippen molar-refractivity contribution in [2.75, 3.05) is 42.4 Å². The van der Waals surface area contributed by atoms with Crippen LogP contribution in [0.25, 0.3) is 0 Å². The summed E-state index contributed by atoms with van der Waals surface area (Å²) in [5.74, 6) is 0.0965. The molecule has 0 aliphatic rings. The number of alkyl halides is 3. The quantitative estimate of drug-likeness (QED) is 0.739. The molecular formula is C15H17F3N6OS. The molecule has 0 aliphatic carbocycles. The van der Waals surface area contributed by atoms with Gasteiger partial charge < -0.3 is 15.5 Å². The second-order valence-electron chi connectivity index (χ2n) is 5.32. The average Bonchev–Trinajstić information content (AvgIpc) is 2.59. The van der Waals surface area contributed by atoms with E-state index >= 15 is 0 Å². The number of aromatic nitrogens is 3. The molecule has 0 aliphatic heterocycles. The number of benzene rings is 1. The molecule has 0 spiro atoms. The predicted octanol–water partition coefficient (Wildman–Crippen LogP) is 2.73. The molecule has 2 rings (SSSR count). The molecule has 140 valence electrons. The summed E-state index contributed by atoms with van der Waals surface area (Å²) in [6, 6.07) is 4.42. The molecule has 26 heavy (non-hydrogen) atoms. The number of hydrogen-bond acceptors (Lipinski definition) is 7. The average molecular weight is 386 g/mol. The lowest BCUT2D eigenvalue weighted by Gasteiger charge is -2.13. The second-order valence-corrected chi connectivity index (χ2v) is 6.09. The van der Waals surface area contributed by atoms with Crippen LogP contribution in [0.5, 0.6) is 0 Å². The first-order valence-electron chi connectivity index (χ1n) is 7.37. The van der Waals surface area contributed by atoms with Gasteiger partial charge in [0.15, 0.2) is 5.16 Å². The maximum Gasteiger partial charge on any atom is 0.416 e. The van der Waals surface area contributed by atoms with E-state index in [1.54, 1.807) is 25.3 Å². The van der Waals surface area contributed by atoms with Gasteiger partial charge in [0, 0.05) is 19.8 Å². The molecule has 1 aromatic carbocycles. The molecule has 0 radical (unpaired) electrons. The van der Waals surface area contributed by atoms with Crippen LogP contribution in [0.3, 0.4) is 0 Å². The van der Waals surface area contributed by atoms with Gasteiger partial charge >= 0.3 is 6.18 Å². The third-order valence-electron chi connectivity index (χ3n) is 3.07. The number of carbonyl (C=O) groups is 1. The maximum atomic E-state index is 12.7. The van der Waals surface area contributed by atoms with Crippen molar-refractivity contribution in [1.29, 1.82) is 0 Å². The lowest BCUT2D eigenvalue weighted by molar-refractivity contribution is -0.137. The number of halogens is 3. The first-order valence-corrected chi connectivity index (χ1v) is 8.60. The Morgan fingerprint density at radius 2 is 1.96 bits per heavy atom. The van der Waals surface area contributed by atoms with Crippen LogP contribution in [0, 0.1) is 0 Å². The summed E-state index contributed by atoms with van der Waals surface area (Å²) < 4.78 is 38.1. The van der Waals surface area contributed by atoms with Gasteiger partial charge in [0.2, 0.25) is 17.8 Å².